The highest BCUT2D eigenvalue weighted by Crippen LogP contribution is 2.30. The number of anilines is 1. The topological polar surface area (TPSA) is 105 Å². The molecule has 0 bridgehead atoms. The van der Waals surface area contributed by atoms with E-state index in [1.165, 1.54) is 5.56 Å². The first-order valence-corrected chi connectivity index (χ1v) is 12.0. The van der Waals surface area contributed by atoms with Gasteiger partial charge in [0, 0.05) is 24.3 Å². The zero-order valence-electron chi connectivity index (χ0n) is 19.6. The minimum absolute atomic E-state index is 0.0376. The third-order valence-electron chi connectivity index (χ3n) is 7.27. The number of nitriles is 1. The number of likely N-dealkylation sites (tertiary alicyclic amines) is 1. The van der Waals surface area contributed by atoms with Gasteiger partial charge in [0.1, 0.15) is 0 Å². The molecule has 1 aliphatic carbocycles. The first-order chi connectivity index (χ1) is 16.4. The number of carbonyl (C=O) groups excluding carboxylic acids is 2. The number of hydrogen-bond donors (Lipinski definition) is 3. The first kappa shape index (κ1) is 23.8. The minimum atomic E-state index is -0.551. The van der Waals surface area contributed by atoms with Crippen molar-refractivity contribution in [2.45, 2.75) is 56.9 Å². The fraction of sp³-hybridized carbons (Fsp3) is 0.444. The number of rotatable bonds is 5. The van der Waals surface area contributed by atoms with Gasteiger partial charge in [0.15, 0.2) is 0 Å². The van der Waals surface area contributed by atoms with E-state index in [-0.39, 0.29) is 18.5 Å². The summed E-state index contributed by atoms with van der Waals surface area (Å²) in [5, 5.41) is 24.6. The average molecular weight is 461 g/mol. The zero-order chi connectivity index (χ0) is 24.1. The number of nitrogens with one attached hydrogen (secondary N) is 2. The molecule has 1 aliphatic heterocycles. The molecular weight excluding hydrogens is 428 g/mol. The average Bonchev–Trinajstić information content (AvgIpc) is 3.34. The van der Waals surface area contributed by atoms with Crippen LogP contribution in [0.5, 0.6) is 0 Å². The van der Waals surface area contributed by atoms with Crippen LogP contribution in [0.2, 0.25) is 0 Å². The summed E-state index contributed by atoms with van der Waals surface area (Å²) < 4.78 is 0. The Labute approximate surface area is 200 Å². The van der Waals surface area contributed by atoms with Gasteiger partial charge in [-0.1, -0.05) is 31.0 Å². The fourth-order valence-corrected chi connectivity index (χ4v) is 5.09. The number of amides is 3. The smallest absolute Gasteiger partial charge is 0.319 e. The molecule has 0 atom stereocenters. The summed E-state index contributed by atoms with van der Waals surface area (Å²) in [6, 6.07) is 14.9. The molecule has 3 N–H and O–H groups in total. The van der Waals surface area contributed by atoms with Crippen molar-refractivity contribution in [3.8, 4) is 6.07 Å². The van der Waals surface area contributed by atoms with Gasteiger partial charge in [-0.15, -0.1) is 0 Å². The van der Waals surface area contributed by atoms with E-state index >= 15 is 0 Å². The van der Waals surface area contributed by atoms with E-state index < -0.39 is 5.54 Å². The number of nitrogens with zero attached hydrogens (tertiary/aromatic N) is 2. The summed E-state index contributed by atoms with van der Waals surface area (Å²) in [6.07, 6.45) is 5.28. The number of piperidine rings is 1. The highest BCUT2D eigenvalue weighted by atomic mass is 16.3. The van der Waals surface area contributed by atoms with E-state index in [0.717, 1.165) is 44.1 Å². The molecule has 1 saturated carbocycles. The van der Waals surface area contributed by atoms with Crippen LogP contribution in [0.1, 0.15) is 71.5 Å². The third kappa shape index (κ3) is 5.23. The van der Waals surface area contributed by atoms with Crippen LogP contribution >= 0.6 is 0 Å². The van der Waals surface area contributed by atoms with Gasteiger partial charge in [0.05, 0.1) is 23.8 Å². The van der Waals surface area contributed by atoms with Gasteiger partial charge in [0.25, 0.3) is 5.91 Å². The molecule has 2 aromatic rings. The number of aryl methyl sites for hydroxylation is 1. The molecular formula is C27H32N4O3. The number of aliphatic hydroxyl groups is 1. The SMILES string of the molecule is Cc1ccc(C(=O)N2CCC(c3ccc(C#N)cc3)CC2)cc1NC(=O)NC1(CO)CCCC1. The molecule has 7 nitrogen and oxygen atoms in total. The van der Waals surface area contributed by atoms with Crippen LogP contribution in [0.15, 0.2) is 42.5 Å². The number of urea groups is 1. The summed E-state index contributed by atoms with van der Waals surface area (Å²) in [5.74, 6) is 0.342. The summed E-state index contributed by atoms with van der Waals surface area (Å²) >= 11 is 0. The van der Waals surface area contributed by atoms with Gasteiger partial charge in [-0.3, -0.25) is 4.79 Å². The number of aliphatic hydroxyl groups excluding tert-OH is 1. The molecule has 2 aromatic carbocycles. The molecule has 2 aliphatic rings. The van der Waals surface area contributed by atoms with Crippen molar-refractivity contribution in [2.24, 2.45) is 0 Å². The lowest BCUT2D eigenvalue weighted by atomic mass is 9.89. The van der Waals surface area contributed by atoms with Crippen LogP contribution in [0.25, 0.3) is 0 Å². The third-order valence-corrected chi connectivity index (χ3v) is 7.27. The van der Waals surface area contributed by atoms with Crippen molar-refractivity contribution < 1.29 is 14.7 Å². The van der Waals surface area contributed by atoms with Gasteiger partial charge in [-0.2, -0.15) is 5.26 Å². The van der Waals surface area contributed by atoms with E-state index in [0.29, 0.717) is 35.8 Å². The second kappa shape index (κ2) is 10.3. The molecule has 0 spiro atoms. The maximum Gasteiger partial charge on any atom is 0.319 e. The maximum absolute atomic E-state index is 13.2. The molecule has 178 valence electrons. The molecule has 3 amide bonds. The molecule has 0 unspecified atom stereocenters. The van der Waals surface area contributed by atoms with Crippen LogP contribution in [0.4, 0.5) is 10.5 Å². The van der Waals surface area contributed by atoms with E-state index in [1.807, 2.05) is 42.2 Å². The summed E-state index contributed by atoms with van der Waals surface area (Å²) in [6.45, 7) is 3.15. The van der Waals surface area contributed by atoms with Crippen molar-refractivity contribution in [3.63, 3.8) is 0 Å². The summed E-state index contributed by atoms with van der Waals surface area (Å²) in [4.78, 5) is 27.7. The second-order valence-corrected chi connectivity index (χ2v) is 9.55. The Bertz CT molecular complexity index is 1080. The number of hydrogen-bond acceptors (Lipinski definition) is 4. The van der Waals surface area contributed by atoms with Gasteiger partial charge < -0.3 is 20.6 Å². The zero-order valence-corrected chi connectivity index (χ0v) is 19.6. The van der Waals surface area contributed by atoms with E-state index in [4.69, 9.17) is 5.26 Å². The lowest BCUT2D eigenvalue weighted by Crippen LogP contribution is -2.50. The highest BCUT2D eigenvalue weighted by molar-refractivity contribution is 5.97. The van der Waals surface area contributed by atoms with Crippen LogP contribution < -0.4 is 10.6 Å². The Morgan fingerprint density at radius 2 is 1.79 bits per heavy atom. The van der Waals surface area contributed by atoms with Crippen molar-refractivity contribution in [3.05, 3.63) is 64.7 Å². The monoisotopic (exact) mass is 460 g/mol. The Kier molecular flexibility index (Phi) is 7.18. The highest BCUT2D eigenvalue weighted by Gasteiger charge is 2.34. The number of carbonyl (C=O) groups is 2. The van der Waals surface area contributed by atoms with E-state index in [1.54, 1.807) is 12.1 Å². The van der Waals surface area contributed by atoms with Crippen molar-refractivity contribution in [1.29, 1.82) is 5.26 Å². The largest absolute Gasteiger partial charge is 0.394 e. The molecule has 1 heterocycles. The molecule has 0 aromatic heterocycles. The first-order valence-electron chi connectivity index (χ1n) is 12.0. The fourth-order valence-electron chi connectivity index (χ4n) is 5.09. The number of benzene rings is 2. The van der Waals surface area contributed by atoms with E-state index in [9.17, 15) is 14.7 Å². The summed E-state index contributed by atoms with van der Waals surface area (Å²) in [7, 11) is 0. The minimum Gasteiger partial charge on any atom is -0.394 e. The Hall–Kier alpha value is -3.37. The normalized spacial score (nSPS) is 17.7. The Morgan fingerprint density at radius 3 is 2.41 bits per heavy atom. The lowest BCUT2D eigenvalue weighted by molar-refractivity contribution is 0.0713. The molecule has 2 fully saturated rings. The lowest BCUT2D eigenvalue weighted by Gasteiger charge is -2.32. The van der Waals surface area contributed by atoms with Crippen LogP contribution in [0, 0.1) is 18.3 Å². The molecule has 0 radical (unpaired) electrons. The summed E-state index contributed by atoms with van der Waals surface area (Å²) in [5.41, 5.74) is 3.34. The van der Waals surface area contributed by atoms with Crippen molar-refractivity contribution >= 4 is 17.6 Å². The second-order valence-electron chi connectivity index (χ2n) is 9.55. The molecule has 4 rings (SSSR count). The molecule has 1 saturated heterocycles. The molecule has 34 heavy (non-hydrogen) atoms. The van der Waals surface area contributed by atoms with Crippen LogP contribution in [-0.2, 0) is 0 Å². The van der Waals surface area contributed by atoms with Crippen LogP contribution in [0.3, 0.4) is 0 Å². The van der Waals surface area contributed by atoms with Crippen molar-refractivity contribution in [1.82, 2.24) is 10.2 Å². The maximum atomic E-state index is 13.2. The van der Waals surface area contributed by atoms with Crippen molar-refractivity contribution in [2.75, 3.05) is 25.0 Å². The van der Waals surface area contributed by atoms with Gasteiger partial charge in [-0.25, -0.2) is 4.79 Å². The predicted octanol–water partition coefficient (Wildman–Crippen LogP) is 4.31. The Morgan fingerprint density at radius 1 is 1.12 bits per heavy atom. The van der Waals surface area contributed by atoms with Gasteiger partial charge in [0.2, 0.25) is 0 Å². The van der Waals surface area contributed by atoms with E-state index in [2.05, 4.69) is 16.7 Å². The standard InChI is InChI=1S/C27H32N4O3/c1-19-4-7-23(16-24(19)29-26(34)30-27(18-32)12-2-3-13-27)25(33)31-14-10-22(11-15-31)21-8-5-20(17-28)6-9-21/h4-9,16,22,32H,2-3,10-15,18H2,1H3,(H2,29,30,34). The van der Waals surface area contributed by atoms with Gasteiger partial charge >= 0.3 is 6.03 Å². The Balaban J connectivity index is 1.37. The van der Waals surface area contributed by atoms with Crippen LogP contribution in [-0.4, -0.2) is 47.2 Å². The quantitative estimate of drug-likeness (QED) is 0.618. The van der Waals surface area contributed by atoms with Gasteiger partial charge in [-0.05, 0) is 73.9 Å². The molecule has 7 heteroatoms. The predicted molar refractivity (Wildman–Crippen MR) is 131 cm³/mol.